The molecular weight excluding hydrogens is 378 g/mol. The molecule has 7 nitrogen and oxygen atoms in total. The maximum atomic E-state index is 11.9. The minimum Gasteiger partial charge on any atom is -0.465 e. The van der Waals surface area contributed by atoms with Crippen LogP contribution in [-0.2, 0) is 21.8 Å². The van der Waals surface area contributed by atoms with Crippen molar-refractivity contribution in [2.75, 3.05) is 6.61 Å². The summed E-state index contributed by atoms with van der Waals surface area (Å²) in [5, 5.41) is 11.5. The first-order valence-corrected chi connectivity index (χ1v) is 9.69. The monoisotopic (exact) mass is 397 g/mol. The average Bonchev–Trinajstić information content (AvgIpc) is 3.10. The fraction of sp³-hybridized carbons (Fsp3) is 0.200. The van der Waals surface area contributed by atoms with Gasteiger partial charge in [-0.15, -0.1) is 0 Å². The van der Waals surface area contributed by atoms with E-state index in [9.17, 15) is 14.9 Å². The van der Waals surface area contributed by atoms with Crippen LogP contribution in [0.25, 0.3) is 11.3 Å². The van der Waals surface area contributed by atoms with Crippen LogP contribution < -0.4 is 0 Å². The average molecular weight is 397 g/mol. The molecule has 3 aromatic rings. The number of nitrogens with zero attached hydrogens (tertiary/aromatic N) is 3. The molecule has 8 heteroatoms. The zero-order chi connectivity index (χ0) is 19.9. The van der Waals surface area contributed by atoms with Gasteiger partial charge in [-0.05, 0) is 24.6 Å². The number of carbonyl (C=O) groups is 1. The molecule has 1 aromatic heterocycles. The Bertz CT molecular complexity index is 955. The molecule has 0 spiro atoms. The first kappa shape index (κ1) is 19.6. The molecule has 0 aliphatic heterocycles. The molecule has 0 saturated carbocycles. The van der Waals surface area contributed by atoms with Crippen molar-refractivity contribution in [3.05, 3.63) is 76.5 Å². The molecule has 1 heterocycles. The van der Waals surface area contributed by atoms with Crippen LogP contribution in [0.3, 0.4) is 0 Å². The molecule has 0 bridgehead atoms. The molecule has 0 aliphatic rings. The largest absolute Gasteiger partial charge is 0.465 e. The molecule has 0 saturated heterocycles. The summed E-state index contributed by atoms with van der Waals surface area (Å²) in [6.45, 7) is 2.14. The number of rotatable bonds is 8. The van der Waals surface area contributed by atoms with Gasteiger partial charge in [-0.2, -0.15) is 0 Å². The van der Waals surface area contributed by atoms with E-state index in [1.54, 1.807) is 29.8 Å². The summed E-state index contributed by atoms with van der Waals surface area (Å²) in [6.07, 6.45) is 1.77. The summed E-state index contributed by atoms with van der Waals surface area (Å²) in [5.41, 5.74) is 2.56. The number of carbonyl (C=O) groups excluding carboxylic acids is 1. The number of ether oxygens (including phenoxy) is 1. The van der Waals surface area contributed by atoms with Crippen molar-refractivity contribution in [1.29, 1.82) is 0 Å². The Hall–Kier alpha value is -3.13. The summed E-state index contributed by atoms with van der Waals surface area (Å²) in [5.74, 6) is 0.372. The number of hydrogen-bond donors (Lipinski definition) is 0. The van der Waals surface area contributed by atoms with E-state index in [1.807, 2.05) is 30.3 Å². The second-order valence-electron chi connectivity index (χ2n) is 5.92. The second kappa shape index (κ2) is 9.18. The normalized spacial score (nSPS) is 10.6. The van der Waals surface area contributed by atoms with Crippen molar-refractivity contribution in [2.45, 2.75) is 24.4 Å². The van der Waals surface area contributed by atoms with Crippen LogP contribution in [0.4, 0.5) is 5.69 Å². The summed E-state index contributed by atoms with van der Waals surface area (Å²) >= 11 is 1.52. The van der Waals surface area contributed by atoms with E-state index in [0.29, 0.717) is 23.2 Å². The van der Waals surface area contributed by atoms with Crippen molar-refractivity contribution in [2.24, 2.45) is 0 Å². The van der Waals surface area contributed by atoms with Gasteiger partial charge in [0.25, 0.3) is 5.69 Å². The van der Waals surface area contributed by atoms with E-state index in [0.717, 1.165) is 11.1 Å². The first-order valence-electron chi connectivity index (χ1n) is 8.71. The van der Waals surface area contributed by atoms with Gasteiger partial charge in [0.1, 0.15) is 6.54 Å². The minimum atomic E-state index is -0.440. The lowest BCUT2D eigenvalue weighted by atomic mass is 10.1. The number of non-ortho nitro benzene ring substituents is 1. The predicted molar refractivity (Wildman–Crippen MR) is 107 cm³/mol. The molecule has 3 rings (SSSR count). The van der Waals surface area contributed by atoms with Gasteiger partial charge in [-0.1, -0.05) is 42.1 Å². The van der Waals surface area contributed by atoms with Crippen molar-refractivity contribution < 1.29 is 14.5 Å². The maximum absolute atomic E-state index is 11.9. The Labute approximate surface area is 166 Å². The molecule has 0 fully saturated rings. The maximum Gasteiger partial charge on any atom is 0.326 e. The van der Waals surface area contributed by atoms with E-state index in [-0.39, 0.29) is 18.2 Å². The second-order valence-corrected chi connectivity index (χ2v) is 6.86. The van der Waals surface area contributed by atoms with Crippen LogP contribution in [-0.4, -0.2) is 27.1 Å². The number of nitro groups is 1. The van der Waals surface area contributed by atoms with Crippen LogP contribution in [0.1, 0.15) is 12.5 Å². The van der Waals surface area contributed by atoms with E-state index in [4.69, 9.17) is 4.74 Å². The molecule has 0 amide bonds. The third kappa shape index (κ3) is 4.98. The Kier molecular flexibility index (Phi) is 6.44. The lowest BCUT2D eigenvalue weighted by Gasteiger charge is -2.06. The van der Waals surface area contributed by atoms with E-state index >= 15 is 0 Å². The van der Waals surface area contributed by atoms with Crippen molar-refractivity contribution in [3.63, 3.8) is 0 Å². The molecule has 2 aromatic carbocycles. The van der Waals surface area contributed by atoms with Gasteiger partial charge >= 0.3 is 5.97 Å². The number of nitro benzene ring substituents is 1. The lowest BCUT2D eigenvalue weighted by molar-refractivity contribution is -0.384. The number of aromatic nitrogens is 2. The van der Waals surface area contributed by atoms with Crippen molar-refractivity contribution >= 4 is 23.4 Å². The van der Waals surface area contributed by atoms with Gasteiger partial charge in [-0.3, -0.25) is 14.9 Å². The Balaban J connectivity index is 1.85. The molecule has 28 heavy (non-hydrogen) atoms. The third-order valence-corrected chi connectivity index (χ3v) is 4.99. The highest BCUT2D eigenvalue weighted by atomic mass is 32.2. The molecular formula is C20H19N3O4S. The van der Waals surface area contributed by atoms with Gasteiger partial charge < -0.3 is 9.30 Å². The van der Waals surface area contributed by atoms with Crippen LogP contribution in [0.2, 0.25) is 0 Å². The number of benzene rings is 2. The van der Waals surface area contributed by atoms with Gasteiger partial charge in [0.2, 0.25) is 0 Å². The van der Waals surface area contributed by atoms with Crippen molar-refractivity contribution in [1.82, 2.24) is 9.55 Å². The van der Waals surface area contributed by atoms with Gasteiger partial charge in [-0.25, -0.2) is 4.98 Å². The highest BCUT2D eigenvalue weighted by Crippen LogP contribution is 2.28. The van der Waals surface area contributed by atoms with Crippen LogP contribution in [0.5, 0.6) is 0 Å². The van der Waals surface area contributed by atoms with E-state index in [1.165, 1.54) is 23.9 Å². The molecule has 0 N–H and O–H groups in total. The summed E-state index contributed by atoms with van der Waals surface area (Å²) in [7, 11) is 0. The zero-order valence-electron chi connectivity index (χ0n) is 15.3. The number of esters is 1. The third-order valence-electron chi connectivity index (χ3n) is 3.93. The fourth-order valence-electron chi connectivity index (χ4n) is 2.59. The zero-order valence-corrected chi connectivity index (χ0v) is 16.1. The van der Waals surface area contributed by atoms with Crippen LogP contribution >= 0.6 is 11.8 Å². The first-order chi connectivity index (χ1) is 13.6. The Morgan fingerprint density at radius 2 is 1.89 bits per heavy atom. The summed E-state index contributed by atoms with van der Waals surface area (Å²) in [6, 6.07) is 16.2. The van der Waals surface area contributed by atoms with Gasteiger partial charge in [0.15, 0.2) is 5.16 Å². The standard InChI is InChI=1S/C20H19N3O4S/c1-2-27-19(24)13-22-12-18(16-8-10-17(11-9-16)23(25)26)21-20(22)28-14-15-6-4-3-5-7-15/h3-12H,2,13-14H2,1H3. The smallest absolute Gasteiger partial charge is 0.326 e. The predicted octanol–water partition coefficient (Wildman–Crippen LogP) is 4.31. The van der Waals surface area contributed by atoms with Crippen molar-refractivity contribution in [3.8, 4) is 11.3 Å². The highest BCUT2D eigenvalue weighted by Gasteiger charge is 2.15. The summed E-state index contributed by atoms with van der Waals surface area (Å²) < 4.78 is 6.80. The summed E-state index contributed by atoms with van der Waals surface area (Å²) in [4.78, 5) is 27.0. The minimum absolute atomic E-state index is 0.0217. The SMILES string of the molecule is CCOC(=O)Cn1cc(-c2ccc([N+](=O)[O-])cc2)nc1SCc1ccccc1. The van der Waals surface area contributed by atoms with E-state index in [2.05, 4.69) is 4.98 Å². The van der Waals surface area contributed by atoms with E-state index < -0.39 is 4.92 Å². The van der Waals surface area contributed by atoms with Gasteiger partial charge in [0.05, 0.1) is 17.2 Å². The molecule has 0 atom stereocenters. The lowest BCUT2D eigenvalue weighted by Crippen LogP contribution is -2.13. The number of imidazole rings is 1. The Morgan fingerprint density at radius 3 is 2.54 bits per heavy atom. The van der Waals surface area contributed by atoms with Crippen LogP contribution in [0.15, 0.2) is 66.0 Å². The topological polar surface area (TPSA) is 87.3 Å². The number of thioether (sulfide) groups is 1. The molecule has 0 aliphatic carbocycles. The van der Waals surface area contributed by atoms with Gasteiger partial charge in [0, 0.05) is 29.6 Å². The molecule has 0 radical (unpaired) electrons. The highest BCUT2D eigenvalue weighted by molar-refractivity contribution is 7.98. The number of hydrogen-bond acceptors (Lipinski definition) is 6. The Morgan fingerprint density at radius 1 is 1.18 bits per heavy atom. The van der Waals surface area contributed by atoms with Crippen LogP contribution in [0, 0.1) is 10.1 Å². The fourth-order valence-corrected chi connectivity index (χ4v) is 3.52. The molecule has 144 valence electrons. The quantitative estimate of drug-likeness (QED) is 0.244. The molecule has 0 unspecified atom stereocenters.